The molecule has 1 N–H and O–H groups in total. The van der Waals surface area contributed by atoms with Gasteiger partial charge in [0, 0.05) is 50.1 Å². The third-order valence-electron chi connectivity index (χ3n) is 4.39. The lowest BCUT2D eigenvalue weighted by molar-refractivity contribution is 0.219. The van der Waals surface area contributed by atoms with Gasteiger partial charge in [-0.15, -0.1) is 0 Å². The Morgan fingerprint density at radius 1 is 1.24 bits per heavy atom. The molecule has 1 aromatic rings. The minimum Gasteiger partial charge on any atom is -0.491 e. The number of ether oxygens (including phenoxy) is 1. The van der Waals surface area contributed by atoms with Crippen LogP contribution in [0.15, 0.2) is 17.0 Å². The van der Waals surface area contributed by atoms with Gasteiger partial charge in [-0.2, -0.15) is 0 Å². The molecule has 6 nitrogen and oxygen atoms in total. The number of nitrogens with one attached hydrogen (secondary N) is 1. The van der Waals surface area contributed by atoms with Crippen molar-refractivity contribution in [2.45, 2.75) is 18.7 Å². The Bertz CT molecular complexity index is 672. The second-order valence-corrected chi connectivity index (χ2v) is 8.53. The van der Waals surface area contributed by atoms with Crippen LogP contribution in [-0.2, 0) is 9.84 Å². The first-order valence-corrected chi connectivity index (χ1v) is 11.0. The standard InChI is InChI=1S/C17H28ClN3O3S/c1-4-20(5-2)10-11-24-16-13-14(18)12-15(17(16)25(3,22)23)21-8-6-19-7-9-21/h12-13,19H,4-11H2,1-3H3. The molecule has 0 bridgehead atoms. The Balaban J connectivity index is 2.32. The molecular formula is C17H28ClN3O3S. The fourth-order valence-corrected chi connectivity index (χ4v) is 4.25. The summed E-state index contributed by atoms with van der Waals surface area (Å²) < 4.78 is 30.8. The summed E-state index contributed by atoms with van der Waals surface area (Å²) in [7, 11) is -3.45. The Morgan fingerprint density at radius 3 is 2.44 bits per heavy atom. The average Bonchev–Trinajstić information content (AvgIpc) is 2.58. The fourth-order valence-electron chi connectivity index (χ4n) is 3.00. The molecule has 0 aliphatic carbocycles. The normalized spacial score (nSPS) is 15.6. The molecule has 1 aromatic carbocycles. The zero-order chi connectivity index (χ0) is 18.4. The third kappa shape index (κ3) is 5.48. The van der Waals surface area contributed by atoms with Gasteiger partial charge in [0.1, 0.15) is 17.3 Å². The Morgan fingerprint density at radius 2 is 1.88 bits per heavy atom. The molecule has 1 aliphatic rings. The van der Waals surface area contributed by atoms with Crippen LogP contribution in [0.2, 0.25) is 5.02 Å². The van der Waals surface area contributed by atoms with E-state index in [-0.39, 0.29) is 4.90 Å². The Labute approximate surface area is 156 Å². The minimum atomic E-state index is -3.45. The molecule has 1 aliphatic heterocycles. The summed E-state index contributed by atoms with van der Waals surface area (Å²) >= 11 is 6.26. The van der Waals surface area contributed by atoms with Crippen LogP contribution in [0.25, 0.3) is 0 Å². The molecule has 0 unspecified atom stereocenters. The largest absolute Gasteiger partial charge is 0.491 e. The molecule has 1 heterocycles. The van der Waals surface area contributed by atoms with Crippen LogP contribution in [0.3, 0.4) is 0 Å². The summed E-state index contributed by atoms with van der Waals surface area (Å²) in [5.74, 6) is 0.343. The molecule has 0 spiro atoms. The van der Waals surface area contributed by atoms with Crippen molar-refractivity contribution in [2.24, 2.45) is 0 Å². The van der Waals surface area contributed by atoms with E-state index in [1.165, 1.54) is 6.26 Å². The lowest BCUT2D eigenvalue weighted by atomic mass is 10.2. The highest BCUT2D eigenvalue weighted by Gasteiger charge is 2.25. The summed E-state index contributed by atoms with van der Waals surface area (Å²) in [4.78, 5) is 4.51. The molecule has 0 saturated carbocycles. The lowest BCUT2D eigenvalue weighted by Gasteiger charge is -2.31. The highest BCUT2D eigenvalue weighted by Crippen LogP contribution is 2.37. The summed E-state index contributed by atoms with van der Waals surface area (Å²) in [5, 5.41) is 3.76. The first-order chi connectivity index (χ1) is 11.9. The summed E-state index contributed by atoms with van der Waals surface area (Å²) in [6.45, 7) is 10.3. The van der Waals surface area contributed by atoms with Crippen molar-refractivity contribution >= 4 is 27.1 Å². The zero-order valence-electron chi connectivity index (χ0n) is 15.2. The molecule has 2 rings (SSSR count). The summed E-state index contributed by atoms with van der Waals surface area (Å²) in [6, 6.07) is 3.33. The second-order valence-electron chi connectivity index (χ2n) is 6.14. The monoisotopic (exact) mass is 389 g/mol. The van der Waals surface area contributed by atoms with E-state index in [0.717, 1.165) is 45.8 Å². The number of benzene rings is 1. The number of hydrogen-bond acceptors (Lipinski definition) is 6. The van der Waals surface area contributed by atoms with Gasteiger partial charge < -0.3 is 19.9 Å². The zero-order valence-corrected chi connectivity index (χ0v) is 16.8. The number of nitrogens with zero attached hydrogens (tertiary/aromatic N) is 2. The van der Waals surface area contributed by atoms with Crippen molar-refractivity contribution < 1.29 is 13.2 Å². The molecule has 1 saturated heterocycles. The maximum Gasteiger partial charge on any atom is 0.181 e. The first kappa shape index (κ1) is 20.3. The Hall–Kier alpha value is -1.02. The van der Waals surface area contributed by atoms with E-state index in [4.69, 9.17) is 16.3 Å². The number of sulfone groups is 1. The average molecular weight is 390 g/mol. The Kier molecular flexibility index (Phi) is 7.37. The quantitative estimate of drug-likeness (QED) is 0.732. The van der Waals surface area contributed by atoms with E-state index in [0.29, 0.717) is 23.1 Å². The molecule has 0 aromatic heterocycles. The van der Waals surface area contributed by atoms with E-state index in [1.54, 1.807) is 12.1 Å². The third-order valence-corrected chi connectivity index (χ3v) is 5.76. The molecule has 142 valence electrons. The van der Waals surface area contributed by atoms with Crippen LogP contribution < -0.4 is 15.0 Å². The van der Waals surface area contributed by atoms with Gasteiger partial charge in [0.2, 0.25) is 0 Å². The number of hydrogen-bond donors (Lipinski definition) is 1. The van der Waals surface area contributed by atoms with Gasteiger partial charge in [0.05, 0.1) is 5.69 Å². The molecular weight excluding hydrogens is 362 g/mol. The van der Waals surface area contributed by atoms with Crippen LogP contribution >= 0.6 is 11.6 Å². The highest BCUT2D eigenvalue weighted by atomic mass is 35.5. The number of piperazine rings is 1. The van der Waals surface area contributed by atoms with Crippen LogP contribution in [-0.4, -0.2) is 72.0 Å². The minimum absolute atomic E-state index is 0.235. The van der Waals surface area contributed by atoms with Crippen molar-refractivity contribution in [1.29, 1.82) is 0 Å². The van der Waals surface area contributed by atoms with E-state index in [9.17, 15) is 8.42 Å². The number of anilines is 1. The maximum atomic E-state index is 12.5. The van der Waals surface area contributed by atoms with E-state index >= 15 is 0 Å². The van der Waals surface area contributed by atoms with Gasteiger partial charge in [-0.1, -0.05) is 25.4 Å². The van der Waals surface area contributed by atoms with Crippen molar-refractivity contribution in [2.75, 3.05) is 63.6 Å². The lowest BCUT2D eigenvalue weighted by Crippen LogP contribution is -2.44. The summed E-state index contributed by atoms with van der Waals surface area (Å²) in [5.41, 5.74) is 0.634. The fraction of sp³-hybridized carbons (Fsp3) is 0.647. The van der Waals surface area contributed by atoms with Crippen LogP contribution in [0.1, 0.15) is 13.8 Å². The van der Waals surface area contributed by atoms with Crippen molar-refractivity contribution in [1.82, 2.24) is 10.2 Å². The van der Waals surface area contributed by atoms with Crippen molar-refractivity contribution in [3.05, 3.63) is 17.2 Å². The molecule has 8 heteroatoms. The van der Waals surface area contributed by atoms with E-state index in [1.807, 2.05) is 0 Å². The van der Waals surface area contributed by atoms with Gasteiger partial charge >= 0.3 is 0 Å². The smallest absolute Gasteiger partial charge is 0.181 e. The molecule has 0 radical (unpaired) electrons. The second kappa shape index (κ2) is 9.07. The van der Waals surface area contributed by atoms with Crippen LogP contribution in [0.5, 0.6) is 5.75 Å². The SMILES string of the molecule is CCN(CC)CCOc1cc(Cl)cc(N2CCNCC2)c1S(C)(=O)=O. The van der Waals surface area contributed by atoms with Gasteiger partial charge in [-0.25, -0.2) is 8.42 Å². The predicted molar refractivity (Wildman–Crippen MR) is 103 cm³/mol. The predicted octanol–water partition coefficient (Wildman–Crippen LogP) is 1.87. The van der Waals surface area contributed by atoms with Crippen LogP contribution in [0.4, 0.5) is 5.69 Å². The van der Waals surface area contributed by atoms with E-state index in [2.05, 4.69) is 29.0 Å². The van der Waals surface area contributed by atoms with Gasteiger partial charge in [-0.3, -0.25) is 0 Å². The topological polar surface area (TPSA) is 61.9 Å². The first-order valence-electron chi connectivity index (χ1n) is 8.71. The van der Waals surface area contributed by atoms with E-state index < -0.39 is 9.84 Å². The molecule has 1 fully saturated rings. The number of rotatable bonds is 8. The molecule has 25 heavy (non-hydrogen) atoms. The van der Waals surface area contributed by atoms with Crippen molar-refractivity contribution in [3.63, 3.8) is 0 Å². The van der Waals surface area contributed by atoms with Crippen molar-refractivity contribution in [3.8, 4) is 5.75 Å². The maximum absolute atomic E-state index is 12.5. The molecule has 0 atom stereocenters. The van der Waals surface area contributed by atoms with Crippen LogP contribution in [0, 0.1) is 0 Å². The van der Waals surface area contributed by atoms with Gasteiger partial charge in [0.25, 0.3) is 0 Å². The molecule has 0 amide bonds. The highest BCUT2D eigenvalue weighted by molar-refractivity contribution is 7.91. The number of likely N-dealkylation sites (N-methyl/N-ethyl adjacent to an activating group) is 1. The van der Waals surface area contributed by atoms with Gasteiger partial charge in [0.15, 0.2) is 9.84 Å². The summed E-state index contributed by atoms with van der Waals surface area (Å²) in [6.07, 6.45) is 1.22. The van der Waals surface area contributed by atoms with Gasteiger partial charge in [-0.05, 0) is 19.2 Å². The number of halogens is 1.